The molecule has 126 valence electrons. The van der Waals surface area contributed by atoms with Gasteiger partial charge in [0.1, 0.15) is 6.04 Å². The third kappa shape index (κ3) is 2.67. The number of benzene rings is 1. The SMILES string of the molecule is O=C(O)[C@@H]1Cc2nc[nH]c2CN1C(=O)c1cccc(-n2cccn2)c1. The summed E-state index contributed by atoms with van der Waals surface area (Å²) in [4.78, 5) is 33.1. The van der Waals surface area contributed by atoms with E-state index in [9.17, 15) is 14.7 Å². The maximum absolute atomic E-state index is 13.0. The van der Waals surface area contributed by atoms with E-state index in [-0.39, 0.29) is 18.9 Å². The molecule has 0 spiro atoms. The number of nitrogens with one attached hydrogen (secondary N) is 1. The van der Waals surface area contributed by atoms with Crippen molar-refractivity contribution < 1.29 is 14.7 Å². The summed E-state index contributed by atoms with van der Waals surface area (Å²) in [5.41, 5.74) is 2.63. The zero-order valence-corrected chi connectivity index (χ0v) is 13.2. The second kappa shape index (κ2) is 5.90. The molecule has 3 heterocycles. The predicted molar refractivity (Wildman–Crippen MR) is 87.2 cm³/mol. The molecule has 25 heavy (non-hydrogen) atoms. The first-order valence-electron chi connectivity index (χ1n) is 7.78. The Morgan fingerprint density at radius 1 is 1.28 bits per heavy atom. The summed E-state index contributed by atoms with van der Waals surface area (Å²) < 4.78 is 1.65. The lowest BCUT2D eigenvalue weighted by atomic mass is 10.0. The fraction of sp³-hybridized carbons (Fsp3) is 0.176. The summed E-state index contributed by atoms with van der Waals surface area (Å²) in [5, 5.41) is 13.7. The summed E-state index contributed by atoms with van der Waals surface area (Å²) in [6.07, 6.45) is 5.15. The fourth-order valence-electron chi connectivity index (χ4n) is 3.04. The van der Waals surface area contributed by atoms with Crippen molar-refractivity contribution in [1.29, 1.82) is 0 Å². The van der Waals surface area contributed by atoms with E-state index in [1.54, 1.807) is 41.3 Å². The van der Waals surface area contributed by atoms with Gasteiger partial charge in [-0.3, -0.25) is 4.79 Å². The lowest BCUT2D eigenvalue weighted by molar-refractivity contribution is -0.142. The van der Waals surface area contributed by atoms with Crippen LogP contribution >= 0.6 is 0 Å². The number of amides is 1. The molecular weight excluding hydrogens is 322 g/mol. The number of aromatic amines is 1. The first kappa shape index (κ1) is 15.1. The molecule has 1 aromatic carbocycles. The van der Waals surface area contributed by atoms with Crippen molar-refractivity contribution in [3.8, 4) is 5.69 Å². The Kier molecular flexibility index (Phi) is 3.57. The Balaban J connectivity index is 1.68. The van der Waals surface area contributed by atoms with Gasteiger partial charge in [-0.25, -0.2) is 14.5 Å². The zero-order valence-electron chi connectivity index (χ0n) is 13.2. The van der Waals surface area contributed by atoms with Gasteiger partial charge in [0, 0.05) is 24.4 Å². The summed E-state index contributed by atoms with van der Waals surface area (Å²) in [6.45, 7) is 0.192. The first-order valence-corrected chi connectivity index (χ1v) is 7.78. The van der Waals surface area contributed by atoms with Crippen LogP contribution in [-0.4, -0.2) is 47.7 Å². The fourth-order valence-corrected chi connectivity index (χ4v) is 3.04. The molecule has 3 aromatic rings. The average Bonchev–Trinajstić information content (AvgIpc) is 3.31. The van der Waals surface area contributed by atoms with Crippen LogP contribution in [0.2, 0.25) is 0 Å². The summed E-state index contributed by atoms with van der Waals surface area (Å²) in [7, 11) is 0. The monoisotopic (exact) mass is 337 g/mol. The van der Waals surface area contributed by atoms with Crippen molar-refractivity contribution in [2.24, 2.45) is 0 Å². The van der Waals surface area contributed by atoms with Crippen LogP contribution in [0.15, 0.2) is 49.1 Å². The van der Waals surface area contributed by atoms with Gasteiger partial charge in [0.25, 0.3) is 5.91 Å². The average molecular weight is 337 g/mol. The second-order valence-electron chi connectivity index (χ2n) is 5.82. The van der Waals surface area contributed by atoms with E-state index in [0.717, 1.165) is 11.4 Å². The maximum Gasteiger partial charge on any atom is 0.326 e. The highest BCUT2D eigenvalue weighted by Crippen LogP contribution is 2.23. The minimum absolute atomic E-state index is 0.192. The molecule has 0 unspecified atom stereocenters. The van der Waals surface area contributed by atoms with Crippen LogP contribution in [0.3, 0.4) is 0 Å². The van der Waals surface area contributed by atoms with Crippen molar-refractivity contribution in [3.63, 3.8) is 0 Å². The third-order valence-electron chi connectivity index (χ3n) is 4.31. The molecule has 0 saturated carbocycles. The Morgan fingerprint density at radius 2 is 2.16 bits per heavy atom. The van der Waals surface area contributed by atoms with Gasteiger partial charge < -0.3 is 15.0 Å². The summed E-state index contributed by atoms with van der Waals surface area (Å²) in [5.74, 6) is -1.37. The van der Waals surface area contributed by atoms with E-state index in [0.29, 0.717) is 11.3 Å². The van der Waals surface area contributed by atoms with E-state index in [1.807, 2.05) is 6.07 Å². The molecule has 0 fully saturated rings. The van der Waals surface area contributed by atoms with Crippen LogP contribution in [-0.2, 0) is 17.8 Å². The minimum atomic E-state index is -1.04. The maximum atomic E-state index is 13.0. The number of imidazole rings is 1. The van der Waals surface area contributed by atoms with Gasteiger partial charge in [0.2, 0.25) is 0 Å². The van der Waals surface area contributed by atoms with Crippen LogP contribution in [0.5, 0.6) is 0 Å². The van der Waals surface area contributed by atoms with Crippen molar-refractivity contribution >= 4 is 11.9 Å². The molecule has 0 bridgehead atoms. The topological polar surface area (TPSA) is 104 Å². The van der Waals surface area contributed by atoms with E-state index in [4.69, 9.17) is 0 Å². The molecule has 0 aliphatic carbocycles. The first-order chi connectivity index (χ1) is 12.1. The van der Waals surface area contributed by atoms with Gasteiger partial charge in [-0.1, -0.05) is 6.07 Å². The number of rotatable bonds is 3. The van der Waals surface area contributed by atoms with E-state index in [2.05, 4.69) is 15.1 Å². The molecule has 8 nitrogen and oxygen atoms in total. The van der Waals surface area contributed by atoms with Gasteiger partial charge >= 0.3 is 5.97 Å². The number of carboxylic acids is 1. The number of aliphatic carboxylic acids is 1. The molecule has 2 N–H and O–H groups in total. The van der Waals surface area contributed by atoms with Gasteiger partial charge in [0.05, 0.1) is 29.9 Å². The van der Waals surface area contributed by atoms with E-state index in [1.165, 1.54) is 11.2 Å². The normalized spacial score (nSPS) is 16.5. The molecular formula is C17H15N5O3. The molecule has 8 heteroatoms. The Bertz CT molecular complexity index is 931. The van der Waals surface area contributed by atoms with Crippen molar-refractivity contribution in [2.45, 2.75) is 19.0 Å². The Hall–Kier alpha value is -3.42. The number of fused-ring (bicyclic) bond motifs is 1. The van der Waals surface area contributed by atoms with Gasteiger partial charge in [0.15, 0.2) is 0 Å². The van der Waals surface area contributed by atoms with Crippen molar-refractivity contribution in [3.05, 3.63) is 66.0 Å². The zero-order chi connectivity index (χ0) is 17.4. The predicted octanol–water partition coefficient (Wildman–Crippen LogP) is 1.25. The third-order valence-corrected chi connectivity index (χ3v) is 4.31. The van der Waals surface area contributed by atoms with Crippen LogP contribution in [0, 0.1) is 0 Å². The molecule has 1 atom stereocenters. The molecule has 0 radical (unpaired) electrons. The summed E-state index contributed by atoms with van der Waals surface area (Å²) >= 11 is 0. The number of carboxylic acid groups (broad SMARTS) is 1. The molecule has 1 aliphatic rings. The highest BCUT2D eigenvalue weighted by atomic mass is 16.4. The van der Waals surface area contributed by atoms with Gasteiger partial charge in [-0.2, -0.15) is 5.10 Å². The number of aromatic nitrogens is 4. The van der Waals surface area contributed by atoms with Crippen LogP contribution in [0.25, 0.3) is 5.69 Å². The largest absolute Gasteiger partial charge is 0.480 e. The molecule has 1 amide bonds. The number of carbonyl (C=O) groups is 2. The Morgan fingerprint density at radius 3 is 2.92 bits per heavy atom. The highest BCUT2D eigenvalue weighted by Gasteiger charge is 2.36. The van der Waals surface area contributed by atoms with Crippen LogP contribution in [0.1, 0.15) is 21.7 Å². The standard InChI is InChI=1S/C17H15N5O3/c23-16(11-3-1-4-12(7-11)22-6-2-5-20-22)21-9-14-13(18-10-19-14)8-15(21)17(24)25/h1-7,10,15H,8-9H2,(H,18,19)(H,24,25)/t15-/m0/s1. The number of hydrogen-bond acceptors (Lipinski definition) is 4. The number of nitrogens with zero attached hydrogens (tertiary/aromatic N) is 4. The molecule has 1 aliphatic heterocycles. The lowest BCUT2D eigenvalue weighted by Crippen LogP contribution is -2.48. The van der Waals surface area contributed by atoms with Crippen LogP contribution in [0.4, 0.5) is 0 Å². The lowest BCUT2D eigenvalue weighted by Gasteiger charge is -2.32. The van der Waals surface area contributed by atoms with Gasteiger partial charge in [-0.15, -0.1) is 0 Å². The Labute approximate surface area is 142 Å². The smallest absolute Gasteiger partial charge is 0.326 e. The number of hydrogen-bond donors (Lipinski definition) is 2. The molecule has 4 rings (SSSR count). The molecule has 0 saturated heterocycles. The quantitative estimate of drug-likeness (QED) is 0.748. The van der Waals surface area contributed by atoms with Gasteiger partial charge in [-0.05, 0) is 24.3 Å². The van der Waals surface area contributed by atoms with E-state index < -0.39 is 12.0 Å². The number of carbonyl (C=O) groups excluding carboxylic acids is 1. The molecule has 2 aromatic heterocycles. The van der Waals surface area contributed by atoms with Crippen LogP contribution < -0.4 is 0 Å². The highest BCUT2D eigenvalue weighted by molar-refractivity contribution is 5.97. The summed E-state index contributed by atoms with van der Waals surface area (Å²) in [6, 6.07) is 7.83. The minimum Gasteiger partial charge on any atom is -0.480 e. The second-order valence-corrected chi connectivity index (χ2v) is 5.82. The van der Waals surface area contributed by atoms with E-state index >= 15 is 0 Å². The van der Waals surface area contributed by atoms with Crippen molar-refractivity contribution in [1.82, 2.24) is 24.6 Å². The van der Waals surface area contributed by atoms with Crippen molar-refractivity contribution in [2.75, 3.05) is 0 Å². The number of H-pyrrole nitrogens is 1.